The third-order valence-corrected chi connectivity index (χ3v) is 5.61. The van der Waals surface area contributed by atoms with Crippen LogP contribution in [0.4, 0.5) is 5.69 Å². The molecule has 6 heteroatoms. The molecule has 1 atom stereocenters. The van der Waals surface area contributed by atoms with Gasteiger partial charge < -0.3 is 10.6 Å². The number of thiocarbonyl (C=S) groups is 2. The summed E-state index contributed by atoms with van der Waals surface area (Å²) in [5.41, 5.74) is 3.39. The summed E-state index contributed by atoms with van der Waals surface area (Å²) in [6, 6.07) is 8.53. The minimum atomic E-state index is 0.299. The van der Waals surface area contributed by atoms with Crippen LogP contribution in [0.25, 0.3) is 6.08 Å². The molecule has 1 aromatic rings. The van der Waals surface area contributed by atoms with Crippen LogP contribution >= 0.6 is 48.0 Å². The molecule has 2 N–H and O–H groups in total. The van der Waals surface area contributed by atoms with E-state index in [1.165, 1.54) is 17.3 Å². The highest BCUT2D eigenvalue weighted by Crippen LogP contribution is 2.16. The number of allylic oxidation sites excluding steroid dienone is 3. The number of nitrogens with one attached hydrogen (secondary N) is 2. The normalized spacial score (nSPS) is 16.8. The van der Waals surface area contributed by atoms with E-state index in [9.17, 15) is 0 Å². The second kappa shape index (κ2) is 10.0. The Labute approximate surface area is 163 Å². The average Bonchev–Trinajstić information content (AvgIpc) is 2.62. The van der Waals surface area contributed by atoms with Crippen molar-refractivity contribution in [2.75, 3.05) is 17.8 Å². The summed E-state index contributed by atoms with van der Waals surface area (Å²) in [6.07, 6.45) is 15.7. The zero-order chi connectivity index (χ0) is 17.4. The second-order valence-electron chi connectivity index (χ2n) is 5.11. The number of hydrogen-bond acceptors (Lipinski definition) is 4. The maximum Gasteiger partial charge on any atom is 0.137 e. The Balaban J connectivity index is 1.89. The van der Waals surface area contributed by atoms with Gasteiger partial charge in [-0.15, -0.1) is 23.5 Å². The highest BCUT2D eigenvalue weighted by molar-refractivity contribution is 8.23. The fourth-order valence-corrected chi connectivity index (χ4v) is 2.88. The molecule has 0 aromatic heterocycles. The highest BCUT2D eigenvalue weighted by atomic mass is 32.2. The standard InChI is InChI=1S/C18H20N2S4/c1-23-17(21)19-15-9-5-13(6-10-15)3-4-14-7-11-16(12-8-14)20-18(22)24-2/h3-11,16H,12H2,1-2H3,(H,19,21)(H,20,22). The molecule has 0 spiro atoms. The molecule has 0 fully saturated rings. The summed E-state index contributed by atoms with van der Waals surface area (Å²) in [5.74, 6) is 0. The number of hydrogen-bond donors (Lipinski definition) is 2. The SMILES string of the molecule is CSC(=S)Nc1ccc(C=CC2=CCC(NC(=S)SC)C=C2)cc1. The first kappa shape index (κ1) is 19.2. The Morgan fingerprint density at radius 3 is 2.38 bits per heavy atom. The minimum absolute atomic E-state index is 0.299. The predicted octanol–water partition coefficient (Wildman–Crippen LogP) is 5.25. The monoisotopic (exact) mass is 392 g/mol. The molecule has 0 bridgehead atoms. The molecule has 2 nitrogen and oxygen atoms in total. The van der Waals surface area contributed by atoms with Gasteiger partial charge in [0.2, 0.25) is 0 Å². The van der Waals surface area contributed by atoms with Gasteiger partial charge in [0.25, 0.3) is 0 Å². The third kappa shape index (κ3) is 6.43. The zero-order valence-electron chi connectivity index (χ0n) is 13.6. The first-order chi connectivity index (χ1) is 11.6. The molecule has 0 radical (unpaired) electrons. The smallest absolute Gasteiger partial charge is 0.137 e. The van der Waals surface area contributed by atoms with Crippen LogP contribution in [-0.4, -0.2) is 27.2 Å². The van der Waals surface area contributed by atoms with Crippen molar-refractivity contribution >= 4 is 68.4 Å². The van der Waals surface area contributed by atoms with Gasteiger partial charge in [-0.3, -0.25) is 0 Å². The van der Waals surface area contributed by atoms with Crippen LogP contribution in [0, 0.1) is 0 Å². The van der Waals surface area contributed by atoms with Crippen molar-refractivity contribution < 1.29 is 0 Å². The molecule has 0 heterocycles. The summed E-state index contributed by atoms with van der Waals surface area (Å²) >= 11 is 13.5. The number of benzene rings is 1. The van der Waals surface area contributed by atoms with Gasteiger partial charge in [0, 0.05) is 11.7 Å². The molecule has 1 aromatic carbocycles. The van der Waals surface area contributed by atoms with E-state index in [1.807, 2.05) is 24.6 Å². The van der Waals surface area contributed by atoms with E-state index in [0.717, 1.165) is 26.3 Å². The van der Waals surface area contributed by atoms with Gasteiger partial charge in [-0.25, -0.2) is 0 Å². The van der Waals surface area contributed by atoms with E-state index in [1.54, 1.807) is 11.8 Å². The van der Waals surface area contributed by atoms with E-state index < -0.39 is 0 Å². The highest BCUT2D eigenvalue weighted by Gasteiger charge is 2.08. The van der Waals surface area contributed by atoms with Crippen molar-refractivity contribution in [3.63, 3.8) is 0 Å². The van der Waals surface area contributed by atoms with Crippen LogP contribution in [0.15, 0.2) is 54.1 Å². The van der Waals surface area contributed by atoms with Gasteiger partial charge in [0.1, 0.15) is 8.64 Å². The molecule has 0 aliphatic heterocycles. The van der Waals surface area contributed by atoms with Crippen molar-refractivity contribution in [3.8, 4) is 0 Å². The van der Waals surface area contributed by atoms with Crippen molar-refractivity contribution in [2.24, 2.45) is 0 Å². The van der Waals surface area contributed by atoms with Gasteiger partial charge in [0.15, 0.2) is 0 Å². The van der Waals surface area contributed by atoms with Gasteiger partial charge in [-0.05, 0) is 42.2 Å². The van der Waals surface area contributed by atoms with Crippen molar-refractivity contribution in [3.05, 3.63) is 59.7 Å². The second-order valence-corrected chi connectivity index (χ2v) is 8.08. The molecule has 1 aliphatic carbocycles. The van der Waals surface area contributed by atoms with Gasteiger partial charge in [-0.2, -0.15) is 0 Å². The van der Waals surface area contributed by atoms with Gasteiger partial charge >= 0.3 is 0 Å². The lowest BCUT2D eigenvalue weighted by molar-refractivity contribution is 0.743. The van der Waals surface area contributed by atoms with Crippen molar-refractivity contribution in [1.82, 2.24) is 5.32 Å². The third-order valence-electron chi connectivity index (χ3n) is 3.43. The summed E-state index contributed by atoms with van der Waals surface area (Å²) in [4.78, 5) is 0. The maximum atomic E-state index is 5.19. The van der Waals surface area contributed by atoms with Crippen LogP contribution in [0.5, 0.6) is 0 Å². The summed E-state index contributed by atoms with van der Waals surface area (Å²) < 4.78 is 1.62. The summed E-state index contributed by atoms with van der Waals surface area (Å²) in [6.45, 7) is 0. The Kier molecular flexibility index (Phi) is 8.05. The number of thioether (sulfide) groups is 2. The maximum absolute atomic E-state index is 5.19. The zero-order valence-corrected chi connectivity index (χ0v) is 16.9. The summed E-state index contributed by atoms with van der Waals surface area (Å²) in [7, 11) is 0. The van der Waals surface area contributed by atoms with Crippen LogP contribution in [-0.2, 0) is 0 Å². The van der Waals surface area contributed by atoms with E-state index in [2.05, 4.69) is 53.1 Å². The van der Waals surface area contributed by atoms with E-state index >= 15 is 0 Å². The van der Waals surface area contributed by atoms with E-state index in [-0.39, 0.29) is 0 Å². The Bertz CT molecular complexity index is 675. The van der Waals surface area contributed by atoms with Crippen LogP contribution < -0.4 is 10.6 Å². The Morgan fingerprint density at radius 2 is 1.79 bits per heavy atom. The first-order valence-electron chi connectivity index (χ1n) is 7.46. The quantitative estimate of drug-likeness (QED) is 0.679. The fourth-order valence-electron chi connectivity index (χ4n) is 2.12. The minimum Gasteiger partial charge on any atom is -0.364 e. The fraction of sp³-hybridized carbons (Fsp3) is 0.222. The van der Waals surface area contributed by atoms with Gasteiger partial charge in [0.05, 0.1) is 0 Å². The molecule has 0 saturated heterocycles. The first-order valence-corrected chi connectivity index (χ1v) is 10.7. The lowest BCUT2D eigenvalue weighted by atomic mass is 10.0. The van der Waals surface area contributed by atoms with E-state index in [4.69, 9.17) is 24.4 Å². The average molecular weight is 393 g/mol. The molecule has 2 rings (SSSR count). The Morgan fingerprint density at radius 1 is 1.08 bits per heavy atom. The molecule has 126 valence electrons. The summed E-state index contributed by atoms with van der Waals surface area (Å²) in [5, 5.41) is 6.49. The molecule has 0 saturated carbocycles. The molecule has 1 aliphatic rings. The number of rotatable bonds is 4. The Hall–Kier alpha value is -1.08. The molecule has 24 heavy (non-hydrogen) atoms. The lowest BCUT2D eigenvalue weighted by Gasteiger charge is -2.17. The molecule has 0 amide bonds. The number of anilines is 1. The largest absolute Gasteiger partial charge is 0.364 e. The molecular formula is C18H20N2S4. The van der Waals surface area contributed by atoms with E-state index in [0.29, 0.717) is 6.04 Å². The topological polar surface area (TPSA) is 24.1 Å². The predicted molar refractivity (Wildman–Crippen MR) is 120 cm³/mol. The molecule has 1 unspecified atom stereocenters. The molecular weight excluding hydrogens is 372 g/mol. The van der Waals surface area contributed by atoms with Gasteiger partial charge in [-0.1, -0.05) is 66.9 Å². The van der Waals surface area contributed by atoms with Crippen molar-refractivity contribution in [1.29, 1.82) is 0 Å². The lowest BCUT2D eigenvalue weighted by Crippen LogP contribution is -2.30. The van der Waals surface area contributed by atoms with Crippen LogP contribution in [0.3, 0.4) is 0 Å². The van der Waals surface area contributed by atoms with Crippen molar-refractivity contribution in [2.45, 2.75) is 12.5 Å². The van der Waals surface area contributed by atoms with Crippen LogP contribution in [0.2, 0.25) is 0 Å². The van der Waals surface area contributed by atoms with Crippen LogP contribution in [0.1, 0.15) is 12.0 Å².